The Morgan fingerprint density at radius 1 is 1.31 bits per heavy atom. The lowest BCUT2D eigenvalue weighted by molar-refractivity contribution is 0.410. The van der Waals surface area contributed by atoms with Gasteiger partial charge in [-0.2, -0.15) is 4.98 Å². The van der Waals surface area contributed by atoms with Crippen LogP contribution in [0.3, 0.4) is 0 Å². The Kier molecular flexibility index (Phi) is 3.27. The average Bonchev–Trinajstić information content (AvgIpc) is 2.83. The van der Waals surface area contributed by atoms with E-state index in [9.17, 15) is 0 Å². The highest BCUT2D eigenvalue weighted by Gasteiger charge is 1.99. The molecule has 0 aliphatic carbocycles. The number of ether oxygens (including phenoxy) is 1. The van der Waals surface area contributed by atoms with Crippen molar-refractivity contribution in [1.29, 1.82) is 0 Å². The second-order valence-electron chi connectivity index (χ2n) is 2.97. The van der Waals surface area contributed by atoms with E-state index in [-0.39, 0.29) is 0 Å². The molecule has 0 saturated carbocycles. The Hall–Kier alpha value is -2.18. The topological polar surface area (TPSA) is 86.0 Å². The zero-order valence-corrected chi connectivity index (χ0v) is 8.75. The number of anilines is 1. The van der Waals surface area contributed by atoms with Crippen LogP contribution in [0, 0.1) is 0 Å². The number of hydrogen-bond donors (Lipinski definition) is 1. The molecule has 0 aromatic carbocycles. The number of nitrogens with zero attached hydrogens (tertiary/aromatic N) is 4. The van der Waals surface area contributed by atoms with Gasteiger partial charge >= 0.3 is 0 Å². The van der Waals surface area contributed by atoms with Crippen LogP contribution in [-0.4, -0.2) is 33.8 Å². The van der Waals surface area contributed by atoms with Gasteiger partial charge in [0.25, 0.3) is 0 Å². The zero-order chi connectivity index (χ0) is 11.2. The summed E-state index contributed by atoms with van der Waals surface area (Å²) in [5.74, 6) is 1.83. The molecule has 7 nitrogen and oxygen atoms in total. The third-order valence-corrected chi connectivity index (χ3v) is 1.90. The van der Waals surface area contributed by atoms with Gasteiger partial charge in [-0.15, -0.1) is 0 Å². The fourth-order valence-corrected chi connectivity index (χ4v) is 1.10. The van der Waals surface area contributed by atoms with Crippen LogP contribution in [0.4, 0.5) is 5.95 Å². The summed E-state index contributed by atoms with van der Waals surface area (Å²) >= 11 is 0. The quantitative estimate of drug-likeness (QED) is 0.787. The predicted octanol–water partition coefficient (Wildman–Crippen LogP) is 0.523. The molecule has 2 aromatic rings. The molecule has 2 rings (SSSR count). The second kappa shape index (κ2) is 5.06. The molecule has 0 aliphatic rings. The van der Waals surface area contributed by atoms with Gasteiger partial charge in [-0.1, -0.05) is 5.16 Å². The van der Waals surface area contributed by atoms with Crippen LogP contribution in [-0.2, 0) is 6.42 Å². The normalized spacial score (nSPS) is 10.1. The minimum absolute atomic E-state index is 0.546. The molecule has 0 atom stereocenters. The third kappa shape index (κ3) is 2.66. The number of methoxy groups -OCH3 is 1. The van der Waals surface area contributed by atoms with E-state index in [1.807, 2.05) is 0 Å². The van der Waals surface area contributed by atoms with Crippen molar-refractivity contribution in [2.75, 3.05) is 19.0 Å². The van der Waals surface area contributed by atoms with Crippen molar-refractivity contribution in [1.82, 2.24) is 20.1 Å². The summed E-state index contributed by atoms with van der Waals surface area (Å²) in [6, 6.07) is 0. The fourth-order valence-electron chi connectivity index (χ4n) is 1.10. The molecular weight excluding hydrogens is 210 g/mol. The lowest BCUT2D eigenvalue weighted by atomic mass is 10.4. The third-order valence-electron chi connectivity index (χ3n) is 1.90. The molecule has 0 radical (unpaired) electrons. The van der Waals surface area contributed by atoms with Gasteiger partial charge in [0, 0.05) is 13.0 Å². The molecule has 0 unspecified atom stereocenters. The van der Waals surface area contributed by atoms with Crippen molar-refractivity contribution < 1.29 is 9.26 Å². The SMILES string of the molecule is COc1cnc(NCCc2ncon2)nc1. The Morgan fingerprint density at radius 3 is 2.75 bits per heavy atom. The molecule has 2 heterocycles. The van der Waals surface area contributed by atoms with Gasteiger partial charge in [-0.3, -0.25) is 0 Å². The van der Waals surface area contributed by atoms with E-state index in [1.54, 1.807) is 19.5 Å². The standard InChI is InChI=1S/C9H11N5O2/c1-15-7-4-11-9(12-5-7)10-3-2-8-13-6-16-14-8/h4-6H,2-3H2,1H3,(H,10,11,12). The maximum absolute atomic E-state index is 4.95. The van der Waals surface area contributed by atoms with Gasteiger partial charge in [0.2, 0.25) is 12.3 Å². The van der Waals surface area contributed by atoms with E-state index in [4.69, 9.17) is 4.74 Å². The molecule has 0 fully saturated rings. The Bertz CT molecular complexity index is 414. The van der Waals surface area contributed by atoms with Crippen LogP contribution in [0.2, 0.25) is 0 Å². The van der Waals surface area contributed by atoms with E-state index in [0.29, 0.717) is 30.5 Å². The molecule has 16 heavy (non-hydrogen) atoms. The van der Waals surface area contributed by atoms with Crippen molar-refractivity contribution in [2.24, 2.45) is 0 Å². The molecular formula is C9H11N5O2. The lowest BCUT2D eigenvalue weighted by Crippen LogP contribution is -2.08. The van der Waals surface area contributed by atoms with Crippen molar-refractivity contribution in [3.63, 3.8) is 0 Å². The van der Waals surface area contributed by atoms with E-state index < -0.39 is 0 Å². The first kappa shape index (κ1) is 10.3. The van der Waals surface area contributed by atoms with Crippen molar-refractivity contribution in [3.05, 3.63) is 24.6 Å². The van der Waals surface area contributed by atoms with Crippen LogP contribution in [0.25, 0.3) is 0 Å². The molecule has 2 aromatic heterocycles. The summed E-state index contributed by atoms with van der Waals surface area (Å²) in [6.07, 6.45) is 5.17. The molecule has 0 spiro atoms. The molecule has 0 amide bonds. The first-order valence-corrected chi connectivity index (χ1v) is 4.73. The monoisotopic (exact) mass is 221 g/mol. The van der Waals surface area contributed by atoms with Crippen LogP contribution in [0.15, 0.2) is 23.3 Å². The average molecular weight is 221 g/mol. The Morgan fingerprint density at radius 2 is 2.12 bits per heavy atom. The summed E-state index contributed by atoms with van der Waals surface area (Å²) in [5.41, 5.74) is 0. The number of hydrogen-bond acceptors (Lipinski definition) is 7. The summed E-state index contributed by atoms with van der Waals surface area (Å²) in [5, 5.41) is 6.72. The molecule has 0 saturated heterocycles. The minimum atomic E-state index is 0.546. The Labute approximate surface area is 91.9 Å². The van der Waals surface area contributed by atoms with Crippen molar-refractivity contribution in [2.45, 2.75) is 6.42 Å². The van der Waals surface area contributed by atoms with Gasteiger partial charge in [0.05, 0.1) is 19.5 Å². The fraction of sp³-hybridized carbons (Fsp3) is 0.333. The van der Waals surface area contributed by atoms with Crippen LogP contribution >= 0.6 is 0 Å². The zero-order valence-electron chi connectivity index (χ0n) is 8.75. The summed E-state index contributed by atoms with van der Waals surface area (Å²) in [4.78, 5) is 12.0. The molecule has 7 heteroatoms. The molecule has 0 aliphatic heterocycles. The molecule has 0 bridgehead atoms. The summed E-state index contributed by atoms with van der Waals surface area (Å²) in [6.45, 7) is 0.645. The van der Waals surface area contributed by atoms with E-state index in [2.05, 4.69) is 29.9 Å². The number of aromatic nitrogens is 4. The van der Waals surface area contributed by atoms with Gasteiger partial charge in [-0.25, -0.2) is 9.97 Å². The van der Waals surface area contributed by atoms with E-state index in [1.165, 1.54) is 6.39 Å². The van der Waals surface area contributed by atoms with Crippen LogP contribution < -0.4 is 10.1 Å². The van der Waals surface area contributed by atoms with Crippen molar-refractivity contribution >= 4 is 5.95 Å². The second-order valence-corrected chi connectivity index (χ2v) is 2.97. The van der Waals surface area contributed by atoms with Gasteiger partial charge in [0.1, 0.15) is 0 Å². The maximum Gasteiger partial charge on any atom is 0.222 e. The highest BCUT2D eigenvalue weighted by Crippen LogP contribution is 2.06. The highest BCUT2D eigenvalue weighted by molar-refractivity contribution is 5.26. The van der Waals surface area contributed by atoms with Gasteiger partial charge in [-0.05, 0) is 0 Å². The highest BCUT2D eigenvalue weighted by atomic mass is 16.5. The van der Waals surface area contributed by atoms with Gasteiger partial charge in [0.15, 0.2) is 11.6 Å². The van der Waals surface area contributed by atoms with E-state index >= 15 is 0 Å². The van der Waals surface area contributed by atoms with Crippen LogP contribution in [0.5, 0.6) is 5.75 Å². The smallest absolute Gasteiger partial charge is 0.222 e. The molecule has 84 valence electrons. The number of nitrogens with one attached hydrogen (secondary N) is 1. The predicted molar refractivity (Wildman–Crippen MR) is 55.1 cm³/mol. The van der Waals surface area contributed by atoms with Gasteiger partial charge < -0.3 is 14.6 Å². The van der Waals surface area contributed by atoms with Crippen LogP contribution in [0.1, 0.15) is 5.82 Å². The first-order valence-electron chi connectivity index (χ1n) is 4.73. The maximum atomic E-state index is 4.95. The summed E-state index contributed by atoms with van der Waals surface area (Å²) in [7, 11) is 1.57. The molecule has 1 N–H and O–H groups in total. The van der Waals surface area contributed by atoms with Crippen molar-refractivity contribution in [3.8, 4) is 5.75 Å². The van der Waals surface area contributed by atoms with E-state index in [0.717, 1.165) is 0 Å². The summed E-state index contributed by atoms with van der Waals surface area (Å²) < 4.78 is 9.56. The lowest BCUT2D eigenvalue weighted by Gasteiger charge is -2.03. The largest absolute Gasteiger partial charge is 0.494 e. The number of rotatable bonds is 5. The minimum Gasteiger partial charge on any atom is -0.494 e. The Balaban J connectivity index is 1.81. The first-order chi connectivity index (χ1) is 7.88.